The van der Waals surface area contributed by atoms with Crippen LogP contribution in [0.4, 0.5) is 5.69 Å². The van der Waals surface area contributed by atoms with Crippen molar-refractivity contribution < 1.29 is 9.53 Å². The maximum atomic E-state index is 12.6. The molecular formula is C22H23BrClN5O2S. The van der Waals surface area contributed by atoms with Crippen LogP contribution in [0.5, 0.6) is 0 Å². The number of ether oxygens (including phenoxy) is 1. The van der Waals surface area contributed by atoms with E-state index in [1.165, 1.54) is 11.8 Å². The average Bonchev–Trinajstić information content (AvgIpc) is 3.18. The molecule has 1 aromatic heterocycles. The molecule has 1 aliphatic heterocycles. The topological polar surface area (TPSA) is 72.3 Å². The minimum atomic E-state index is -0.0965. The number of nitrogens with zero attached hydrogens (tertiary/aromatic N) is 4. The molecule has 4 rings (SSSR count). The molecule has 32 heavy (non-hydrogen) atoms. The molecule has 0 spiro atoms. The summed E-state index contributed by atoms with van der Waals surface area (Å²) in [7, 11) is 0. The van der Waals surface area contributed by atoms with E-state index in [1.54, 1.807) is 0 Å². The van der Waals surface area contributed by atoms with Gasteiger partial charge in [-0.05, 0) is 55.0 Å². The lowest BCUT2D eigenvalue weighted by molar-refractivity contribution is -0.113. The summed E-state index contributed by atoms with van der Waals surface area (Å²) in [6.45, 7) is 5.75. The first kappa shape index (κ1) is 23.3. The highest BCUT2D eigenvalue weighted by Gasteiger charge is 2.20. The van der Waals surface area contributed by atoms with Crippen LogP contribution in [0.25, 0.3) is 5.69 Å². The Morgan fingerprint density at radius 1 is 1.19 bits per heavy atom. The first-order valence-electron chi connectivity index (χ1n) is 10.2. The summed E-state index contributed by atoms with van der Waals surface area (Å²) < 4.78 is 8.42. The Labute approximate surface area is 204 Å². The summed E-state index contributed by atoms with van der Waals surface area (Å²) in [6.07, 6.45) is 0. The van der Waals surface area contributed by atoms with Gasteiger partial charge in [0.1, 0.15) is 0 Å². The highest BCUT2D eigenvalue weighted by Crippen LogP contribution is 2.25. The lowest BCUT2D eigenvalue weighted by Gasteiger charge is -2.26. The van der Waals surface area contributed by atoms with Gasteiger partial charge in [-0.15, -0.1) is 10.2 Å². The minimum Gasteiger partial charge on any atom is -0.379 e. The van der Waals surface area contributed by atoms with E-state index >= 15 is 0 Å². The molecule has 168 valence electrons. The maximum Gasteiger partial charge on any atom is 0.234 e. The quantitative estimate of drug-likeness (QED) is 0.447. The standard InChI is InChI=1S/C22H23BrClN5O2S/c1-15-12-16(23)2-7-19(15)25-21(30)14-32-22-27-26-20(13-28-8-10-31-11-9-28)29(22)18-5-3-17(24)4-6-18/h2-7,12H,8-11,13-14H2,1H3,(H,25,30). The lowest BCUT2D eigenvalue weighted by atomic mass is 10.2. The zero-order chi connectivity index (χ0) is 22.5. The molecule has 0 unspecified atom stereocenters. The largest absolute Gasteiger partial charge is 0.379 e. The molecule has 0 atom stereocenters. The van der Waals surface area contributed by atoms with Gasteiger partial charge in [0.2, 0.25) is 5.91 Å². The molecule has 1 N–H and O–H groups in total. The molecule has 1 aliphatic rings. The number of benzene rings is 2. The summed E-state index contributed by atoms with van der Waals surface area (Å²) >= 11 is 10.9. The number of carbonyl (C=O) groups is 1. The molecule has 0 aliphatic carbocycles. The number of amides is 1. The lowest BCUT2D eigenvalue weighted by Crippen LogP contribution is -2.36. The number of nitrogens with one attached hydrogen (secondary N) is 1. The van der Waals surface area contributed by atoms with Crippen molar-refractivity contribution in [3.8, 4) is 5.69 Å². The van der Waals surface area contributed by atoms with Gasteiger partial charge >= 0.3 is 0 Å². The zero-order valence-corrected chi connectivity index (χ0v) is 20.7. The van der Waals surface area contributed by atoms with Gasteiger partial charge in [-0.3, -0.25) is 14.3 Å². The van der Waals surface area contributed by atoms with E-state index in [0.717, 1.165) is 40.3 Å². The van der Waals surface area contributed by atoms with Gasteiger partial charge in [0.05, 0.1) is 25.5 Å². The number of anilines is 1. The van der Waals surface area contributed by atoms with Gasteiger partial charge in [0.25, 0.3) is 0 Å². The Hall–Kier alpha value is -1.91. The third kappa shape index (κ3) is 5.90. The Morgan fingerprint density at radius 3 is 2.66 bits per heavy atom. The molecule has 2 aromatic carbocycles. The molecular weight excluding hydrogens is 514 g/mol. The Morgan fingerprint density at radius 2 is 1.94 bits per heavy atom. The summed E-state index contributed by atoms with van der Waals surface area (Å²) in [5.41, 5.74) is 2.70. The number of carbonyl (C=O) groups excluding carboxylic acids is 1. The second-order valence-electron chi connectivity index (χ2n) is 7.40. The highest BCUT2D eigenvalue weighted by atomic mass is 79.9. The Kier molecular flexibility index (Phi) is 7.85. The van der Waals surface area contributed by atoms with Crippen LogP contribution < -0.4 is 5.32 Å². The van der Waals surface area contributed by atoms with Crippen molar-refractivity contribution in [2.75, 3.05) is 37.4 Å². The predicted molar refractivity (Wildman–Crippen MR) is 131 cm³/mol. The molecule has 1 amide bonds. The third-order valence-electron chi connectivity index (χ3n) is 5.05. The summed E-state index contributed by atoms with van der Waals surface area (Å²) in [6, 6.07) is 13.3. The van der Waals surface area contributed by atoms with E-state index < -0.39 is 0 Å². The number of aromatic nitrogens is 3. The van der Waals surface area contributed by atoms with Crippen LogP contribution in [0.3, 0.4) is 0 Å². The van der Waals surface area contributed by atoms with Crippen LogP contribution in [0.1, 0.15) is 11.4 Å². The summed E-state index contributed by atoms with van der Waals surface area (Å²) in [5, 5.41) is 13.1. The van der Waals surface area contributed by atoms with Gasteiger partial charge in [-0.25, -0.2) is 0 Å². The molecule has 1 fully saturated rings. The monoisotopic (exact) mass is 535 g/mol. The number of halogens is 2. The van der Waals surface area contributed by atoms with E-state index in [0.29, 0.717) is 29.9 Å². The number of morpholine rings is 1. The summed E-state index contributed by atoms with van der Waals surface area (Å²) in [4.78, 5) is 14.9. The van der Waals surface area contributed by atoms with Crippen molar-refractivity contribution in [2.45, 2.75) is 18.6 Å². The number of rotatable bonds is 7. The van der Waals surface area contributed by atoms with Crippen LogP contribution in [0.2, 0.25) is 5.02 Å². The van der Waals surface area contributed by atoms with Crippen molar-refractivity contribution in [3.05, 3.63) is 63.3 Å². The van der Waals surface area contributed by atoms with Gasteiger partial charge in [-0.1, -0.05) is 39.3 Å². The van der Waals surface area contributed by atoms with Crippen LogP contribution in [-0.4, -0.2) is 57.6 Å². The van der Waals surface area contributed by atoms with E-state index in [4.69, 9.17) is 16.3 Å². The van der Waals surface area contributed by atoms with Crippen LogP contribution in [0, 0.1) is 6.92 Å². The van der Waals surface area contributed by atoms with E-state index in [-0.39, 0.29) is 11.7 Å². The molecule has 0 bridgehead atoms. The Bertz CT molecular complexity index is 1090. The number of aryl methyl sites for hydroxylation is 1. The predicted octanol–water partition coefficient (Wildman–Crippen LogP) is 4.55. The van der Waals surface area contributed by atoms with Gasteiger partial charge in [-0.2, -0.15) is 0 Å². The maximum absolute atomic E-state index is 12.6. The molecule has 10 heteroatoms. The van der Waals surface area contributed by atoms with Gasteiger partial charge < -0.3 is 10.1 Å². The van der Waals surface area contributed by atoms with Crippen LogP contribution >= 0.6 is 39.3 Å². The normalized spacial score (nSPS) is 14.5. The van der Waals surface area contributed by atoms with Crippen molar-refractivity contribution >= 4 is 50.9 Å². The van der Waals surface area contributed by atoms with Gasteiger partial charge in [0.15, 0.2) is 11.0 Å². The van der Waals surface area contributed by atoms with E-state index in [9.17, 15) is 4.79 Å². The molecule has 3 aromatic rings. The first-order chi connectivity index (χ1) is 15.5. The van der Waals surface area contributed by atoms with Gasteiger partial charge in [0, 0.05) is 34.0 Å². The SMILES string of the molecule is Cc1cc(Br)ccc1NC(=O)CSc1nnc(CN2CCOCC2)n1-c1ccc(Cl)cc1. The van der Waals surface area contributed by atoms with Crippen molar-refractivity contribution in [1.82, 2.24) is 19.7 Å². The zero-order valence-electron chi connectivity index (χ0n) is 17.6. The molecule has 2 heterocycles. The number of thioether (sulfide) groups is 1. The van der Waals surface area contributed by atoms with E-state index in [2.05, 4.69) is 36.3 Å². The Balaban J connectivity index is 1.50. The number of hydrogen-bond donors (Lipinski definition) is 1. The first-order valence-corrected chi connectivity index (χ1v) is 12.3. The van der Waals surface area contributed by atoms with Crippen molar-refractivity contribution in [2.24, 2.45) is 0 Å². The fourth-order valence-corrected chi connectivity index (χ4v) is 4.76. The second kappa shape index (κ2) is 10.8. The average molecular weight is 537 g/mol. The van der Waals surface area contributed by atoms with Crippen molar-refractivity contribution in [1.29, 1.82) is 0 Å². The fraction of sp³-hybridized carbons (Fsp3) is 0.318. The van der Waals surface area contributed by atoms with Crippen LogP contribution in [0.15, 0.2) is 52.1 Å². The molecule has 1 saturated heterocycles. The second-order valence-corrected chi connectivity index (χ2v) is 9.69. The smallest absolute Gasteiger partial charge is 0.234 e. The van der Waals surface area contributed by atoms with E-state index in [1.807, 2.05) is 54.0 Å². The van der Waals surface area contributed by atoms with Crippen LogP contribution in [-0.2, 0) is 16.1 Å². The highest BCUT2D eigenvalue weighted by molar-refractivity contribution is 9.10. The summed E-state index contributed by atoms with van der Waals surface area (Å²) in [5.74, 6) is 0.945. The molecule has 0 radical (unpaired) electrons. The fourth-order valence-electron chi connectivity index (χ4n) is 3.39. The molecule has 0 saturated carbocycles. The number of hydrogen-bond acceptors (Lipinski definition) is 6. The minimum absolute atomic E-state index is 0.0965. The molecule has 7 nitrogen and oxygen atoms in total. The van der Waals surface area contributed by atoms with Crippen molar-refractivity contribution in [3.63, 3.8) is 0 Å². The third-order valence-corrected chi connectivity index (χ3v) is 6.72.